The van der Waals surface area contributed by atoms with Crippen molar-refractivity contribution in [2.45, 2.75) is 25.8 Å². The lowest BCUT2D eigenvalue weighted by Crippen LogP contribution is -2.10. The van der Waals surface area contributed by atoms with Crippen molar-refractivity contribution >= 4 is 12.4 Å². The van der Waals surface area contributed by atoms with Crippen LogP contribution in [0.2, 0.25) is 0 Å². The molecule has 1 aromatic rings. The van der Waals surface area contributed by atoms with E-state index in [9.17, 15) is 17.6 Å². The maximum Gasteiger partial charge on any atom is 0.270 e. The summed E-state index contributed by atoms with van der Waals surface area (Å²) in [5.41, 5.74) is 4.67. The van der Waals surface area contributed by atoms with Gasteiger partial charge in [-0.3, -0.25) is 0 Å². The van der Waals surface area contributed by atoms with Gasteiger partial charge in [-0.2, -0.15) is 0 Å². The van der Waals surface area contributed by atoms with E-state index < -0.39 is 23.5 Å². The van der Waals surface area contributed by atoms with Crippen LogP contribution in [-0.4, -0.2) is 0 Å². The quantitative estimate of drug-likeness (QED) is 0.823. The molecule has 0 aliphatic rings. The van der Waals surface area contributed by atoms with E-state index in [1.165, 1.54) is 0 Å². The molecule has 2 N–H and O–H groups in total. The van der Waals surface area contributed by atoms with Gasteiger partial charge in [-0.25, -0.2) is 17.6 Å². The zero-order valence-corrected chi connectivity index (χ0v) is 9.33. The fourth-order valence-electron chi connectivity index (χ4n) is 1.22. The first-order chi connectivity index (χ1) is 6.84. The molecule has 0 aromatic heterocycles. The van der Waals surface area contributed by atoms with Crippen LogP contribution in [0.4, 0.5) is 17.6 Å². The molecule has 0 atom stereocenters. The predicted molar refractivity (Wildman–Crippen MR) is 56.1 cm³/mol. The number of halogens is 5. The van der Waals surface area contributed by atoms with Crippen molar-refractivity contribution in [1.29, 1.82) is 0 Å². The second-order valence-electron chi connectivity index (χ2n) is 3.36. The summed E-state index contributed by atoms with van der Waals surface area (Å²) in [7, 11) is 0. The third-order valence-electron chi connectivity index (χ3n) is 2.01. The molecule has 0 saturated heterocycles. The fourth-order valence-corrected chi connectivity index (χ4v) is 1.22. The third kappa shape index (κ3) is 3.64. The maximum atomic E-state index is 12.9. The first-order valence-electron chi connectivity index (χ1n) is 4.35. The first-order valence-corrected chi connectivity index (χ1v) is 4.35. The van der Waals surface area contributed by atoms with Crippen molar-refractivity contribution < 1.29 is 17.6 Å². The van der Waals surface area contributed by atoms with Crippen LogP contribution in [0.1, 0.15) is 30.0 Å². The Hall–Kier alpha value is -0.810. The molecule has 16 heavy (non-hydrogen) atoms. The number of hydrogen-bond acceptors (Lipinski definition) is 1. The van der Waals surface area contributed by atoms with Crippen molar-refractivity contribution in [2.24, 2.45) is 5.73 Å². The Morgan fingerprint density at radius 2 is 1.81 bits per heavy atom. The number of benzene rings is 1. The van der Waals surface area contributed by atoms with E-state index in [4.69, 9.17) is 5.73 Å². The lowest BCUT2D eigenvalue weighted by molar-refractivity contribution is 0.0170. The highest BCUT2D eigenvalue weighted by atomic mass is 35.5. The van der Waals surface area contributed by atoms with E-state index in [0.29, 0.717) is 6.92 Å². The van der Waals surface area contributed by atoms with Crippen LogP contribution in [0.15, 0.2) is 18.2 Å². The van der Waals surface area contributed by atoms with Crippen molar-refractivity contribution in [1.82, 2.24) is 0 Å². The van der Waals surface area contributed by atoms with Crippen LogP contribution < -0.4 is 5.73 Å². The highest BCUT2D eigenvalue weighted by Crippen LogP contribution is 2.31. The van der Waals surface area contributed by atoms with Crippen molar-refractivity contribution in [3.63, 3.8) is 0 Å². The van der Waals surface area contributed by atoms with Gasteiger partial charge >= 0.3 is 0 Å². The molecule has 1 rings (SSSR count). The molecule has 0 radical (unpaired) electrons. The van der Waals surface area contributed by atoms with Gasteiger partial charge in [-0.1, -0.05) is 0 Å². The molecule has 0 unspecified atom stereocenters. The fraction of sp³-hybridized carbons (Fsp3) is 0.400. The monoisotopic (exact) mass is 257 g/mol. The number of hydrogen-bond donors (Lipinski definition) is 1. The van der Waals surface area contributed by atoms with Gasteiger partial charge in [0.2, 0.25) is 0 Å². The van der Waals surface area contributed by atoms with Gasteiger partial charge in [-0.15, -0.1) is 12.4 Å². The molecule has 0 saturated carbocycles. The summed E-state index contributed by atoms with van der Waals surface area (Å²) in [5.74, 6) is -3.13. The van der Waals surface area contributed by atoms with Crippen molar-refractivity contribution in [3.05, 3.63) is 34.9 Å². The molecule has 1 aromatic carbocycles. The molecule has 0 spiro atoms. The average molecular weight is 258 g/mol. The van der Waals surface area contributed by atoms with Crippen LogP contribution in [0.25, 0.3) is 0 Å². The van der Waals surface area contributed by atoms with Crippen molar-refractivity contribution in [2.75, 3.05) is 0 Å². The molecule has 0 fully saturated rings. The standard InChI is InChI=1S/C10H11F4N.ClH/c1-10(13,14)8-3-6(5-15)2-7(4-8)9(11)12;/h2-4,9H,5,15H2,1H3;1H. The maximum absolute atomic E-state index is 12.9. The summed E-state index contributed by atoms with van der Waals surface area (Å²) < 4.78 is 50.6. The Morgan fingerprint density at radius 1 is 1.25 bits per heavy atom. The largest absolute Gasteiger partial charge is 0.326 e. The summed E-state index contributed by atoms with van der Waals surface area (Å²) in [6.07, 6.45) is -2.77. The minimum absolute atomic E-state index is 0. The Kier molecular flexibility index (Phi) is 5.22. The molecular formula is C10H12ClF4N. The van der Waals surface area contributed by atoms with Crippen molar-refractivity contribution in [3.8, 4) is 0 Å². The Labute approximate surface area is 97.0 Å². The summed E-state index contributed by atoms with van der Waals surface area (Å²) in [4.78, 5) is 0. The van der Waals surface area contributed by atoms with Gasteiger partial charge in [0.1, 0.15) is 0 Å². The molecule has 0 aliphatic carbocycles. The molecule has 1 nitrogen and oxygen atoms in total. The number of alkyl halides is 4. The van der Waals surface area contributed by atoms with Gasteiger partial charge < -0.3 is 5.73 Å². The van der Waals surface area contributed by atoms with E-state index in [0.717, 1.165) is 18.2 Å². The zero-order chi connectivity index (χ0) is 11.6. The van der Waals surface area contributed by atoms with Gasteiger partial charge in [0.15, 0.2) is 0 Å². The topological polar surface area (TPSA) is 26.0 Å². The third-order valence-corrected chi connectivity index (χ3v) is 2.01. The molecule has 0 amide bonds. The zero-order valence-electron chi connectivity index (χ0n) is 8.51. The van der Waals surface area contributed by atoms with E-state index in [1.807, 2.05) is 0 Å². The van der Waals surface area contributed by atoms with E-state index in [-0.39, 0.29) is 24.5 Å². The Morgan fingerprint density at radius 3 is 2.19 bits per heavy atom. The van der Waals surface area contributed by atoms with Crippen LogP contribution in [0, 0.1) is 0 Å². The van der Waals surface area contributed by atoms with E-state index in [1.54, 1.807) is 0 Å². The highest BCUT2D eigenvalue weighted by molar-refractivity contribution is 5.85. The normalized spacial score (nSPS) is 11.4. The van der Waals surface area contributed by atoms with Crippen LogP contribution in [0.3, 0.4) is 0 Å². The molecular weight excluding hydrogens is 246 g/mol. The van der Waals surface area contributed by atoms with E-state index >= 15 is 0 Å². The lowest BCUT2D eigenvalue weighted by Gasteiger charge is -2.13. The van der Waals surface area contributed by atoms with Crippen LogP contribution in [-0.2, 0) is 12.5 Å². The number of rotatable bonds is 3. The van der Waals surface area contributed by atoms with E-state index in [2.05, 4.69) is 0 Å². The SMILES string of the molecule is CC(F)(F)c1cc(CN)cc(C(F)F)c1.Cl. The molecule has 6 heteroatoms. The second kappa shape index (κ2) is 5.50. The Balaban J connectivity index is 0.00000225. The molecule has 0 aliphatic heterocycles. The van der Waals surface area contributed by atoms with Crippen LogP contribution in [0.5, 0.6) is 0 Å². The predicted octanol–water partition coefficient (Wildman–Crippen LogP) is 3.62. The highest BCUT2D eigenvalue weighted by Gasteiger charge is 2.26. The summed E-state index contributed by atoms with van der Waals surface area (Å²) in [6, 6.07) is 3.09. The van der Waals surface area contributed by atoms with Gasteiger partial charge in [0.25, 0.3) is 12.3 Å². The molecule has 92 valence electrons. The Bertz CT molecular complexity index is 349. The molecule has 0 bridgehead atoms. The average Bonchev–Trinajstić information content (AvgIpc) is 2.15. The summed E-state index contributed by atoms with van der Waals surface area (Å²) >= 11 is 0. The summed E-state index contributed by atoms with van der Waals surface area (Å²) in [5, 5.41) is 0. The smallest absolute Gasteiger partial charge is 0.270 e. The molecule has 0 heterocycles. The van der Waals surface area contributed by atoms with Gasteiger partial charge in [0, 0.05) is 24.6 Å². The van der Waals surface area contributed by atoms with Gasteiger partial charge in [0.05, 0.1) is 0 Å². The van der Waals surface area contributed by atoms with Crippen LogP contribution >= 0.6 is 12.4 Å². The van der Waals surface area contributed by atoms with Gasteiger partial charge in [-0.05, 0) is 23.8 Å². The minimum Gasteiger partial charge on any atom is -0.326 e. The first kappa shape index (κ1) is 15.2. The lowest BCUT2D eigenvalue weighted by atomic mass is 10.0. The minimum atomic E-state index is -3.13. The number of nitrogens with two attached hydrogens (primary N) is 1. The summed E-state index contributed by atoms with van der Waals surface area (Å²) in [6.45, 7) is 0.627. The second-order valence-corrected chi connectivity index (χ2v) is 3.36.